The number of rotatable bonds is 11. The van der Waals surface area contributed by atoms with Crippen molar-refractivity contribution in [2.75, 3.05) is 20.8 Å². The molecule has 3 aromatic carbocycles. The van der Waals surface area contributed by atoms with Gasteiger partial charge in [0.1, 0.15) is 0 Å². The summed E-state index contributed by atoms with van der Waals surface area (Å²) in [4.78, 5) is 30.6. The van der Waals surface area contributed by atoms with Gasteiger partial charge < -0.3 is 14.8 Å². The Morgan fingerprint density at radius 3 is 2.59 bits per heavy atom. The largest absolute Gasteiger partial charge is 0.493 e. The third kappa shape index (κ3) is 6.84. The third-order valence-electron chi connectivity index (χ3n) is 5.83. The molecule has 0 aliphatic rings. The van der Waals surface area contributed by atoms with Crippen LogP contribution in [0.15, 0.2) is 76.7 Å². The maximum Gasteiger partial charge on any atom is 0.262 e. The van der Waals surface area contributed by atoms with Gasteiger partial charge in [-0.05, 0) is 53.9 Å². The second-order valence-electron chi connectivity index (χ2n) is 8.33. The molecule has 1 aromatic heterocycles. The van der Waals surface area contributed by atoms with Crippen LogP contribution in [-0.2, 0) is 23.5 Å². The second-order valence-corrected chi connectivity index (χ2v) is 9.71. The molecule has 0 fully saturated rings. The molecule has 37 heavy (non-hydrogen) atoms. The topological polar surface area (TPSA) is 82.5 Å². The van der Waals surface area contributed by atoms with E-state index in [1.165, 1.54) is 11.8 Å². The zero-order valence-corrected chi connectivity index (χ0v) is 22.3. The summed E-state index contributed by atoms with van der Waals surface area (Å²) in [6.07, 6.45) is 0.806. The van der Waals surface area contributed by atoms with Gasteiger partial charge in [0.05, 0.1) is 25.1 Å². The summed E-state index contributed by atoms with van der Waals surface area (Å²) in [7, 11) is 3.18. The summed E-state index contributed by atoms with van der Waals surface area (Å²) in [5.74, 6) is 1.78. The number of fused-ring (bicyclic) bond motifs is 1. The number of benzene rings is 3. The van der Waals surface area contributed by atoms with E-state index < -0.39 is 0 Å². The first kappa shape index (κ1) is 26.6. The van der Waals surface area contributed by atoms with E-state index in [0.29, 0.717) is 51.3 Å². The van der Waals surface area contributed by atoms with Crippen molar-refractivity contribution in [3.63, 3.8) is 0 Å². The first-order valence-corrected chi connectivity index (χ1v) is 13.2. The molecular weight excluding hydrogens is 510 g/mol. The first-order chi connectivity index (χ1) is 18.0. The van der Waals surface area contributed by atoms with Crippen molar-refractivity contribution in [3.05, 3.63) is 93.2 Å². The number of ether oxygens (including phenoxy) is 2. The molecule has 0 saturated carbocycles. The lowest BCUT2D eigenvalue weighted by molar-refractivity contribution is -0.121. The highest BCUT2D eigenvalue weighted by Crippen LogP contribution is 2.27. The zero-order chi connectivity index (χ0) is 26.2. The highest BCUT2D eigenvalue weighted by atomic mass is 35.5. The number of halogens is 1. The van der Waals surface area contributed by atoms with Gasteiger partial charge in [-0.25, -0.2) is 4.98 Å². The fourth-order valence-corrected chi connectivity index (χ4v) is 5.09. The Kier molecular flexibility index (Phi) is 9.09. The summed E-state index contributed by atoms with van der Waals surface area (Å²) in [6.45, 7) is 0.701. The summed E-state index contributed by atoms with van der Waals surface area (Å²) < 4.78 is 12.2. The van der Waals surface area contributed by atoms with E-state index in [4.69, 9.17) is 26.1 Å². The molecule has 1 amide bonds. The number of nitrogens with one attached hydrogen (secondary N) is 1. The second kappa shape index (κ2) is 12.7. The lowest BCUT2D eigenvalue weighted by atomic mass is 10.1. The average molecular weight is 538 g/mol. The maximum atomic E-state index is 13.3. The number of methoxy groups -OCH3 is 2. The SMILES string of the molecule is COc1ccc(CCNC(=O)CCn2c(SCc3cccc(Cl)c3)nc3ccccc3c2=O)cc1OC. The van der Waals surface area contributed by atoms with Crippen LogP contribution in [0.2, 0.25) is 5.02 Å². The number of amides is 1. The molecule has 0 atom stereocenters. The van der Waals surface area contributed by atoms with E-state index in [1.807, 2.05) is 60.7 Å². The van der Waals surface area contributed by atoms with E-state index in [1.54, 1.807) is 24.9 Å². The van der Waals surface area contributed by atoms with Crippen LogP contribution in [0.4, 0.5) is 0 Å². The van der Waals surface area contributed by atoms with E-state index in [9.17, 15) is 9.59 Å². The molecule has 9 heteroatoms. The molecule has 0 bridgehead atoms. The van der Waals surface area contributed by atoms with Gasteiger partial charge in [-0.3, -0.25) is 14.2 Å². The van der Waals surface area contributed by atoms with Crippen LogP contribution in [-0.4, -0.2) is 36.2 Å². The highest BCUT2D eigenvalue weighted by molar-refractivity contribution is 7.98. The van der Waals surface area contributed by atoms with E-state index in [0.717, 1.165) is 11.1 Å². The number of nitrogens with zero attached hydrogens (tertiary/aromatic N) is 2. The Morgan fingerprint density at radius 1 is 1.00 bits per heavy atom. The quantitative estimate of drug-likeness (QED) is 0.211. The number of para-hydroxylation sites is 1. The number of aromatic nitrogens is 2. The van der Waals surface area contributed by atoms with Crippen molar-refractivity contribution in [1.29, 1.82) is 0 Å². The lowest BCUT2D eigenvalue weighted by Gasteiger charge is -2.13. The molecule has 7 nitrogen and oxygen atoms in total. The molecule has 0 radical (unpaired) electrons. The normalized spacial score (nSPS) is 10.9. The predicted octanol–water partition coefficient (Wildman–Crippen LogP) is 5.11. The van der Waals surface area contributed by atoms with Crippen molar-refractivity contribution in [2.24, 2.45) is 0 Å². The minimum Gasteiger partial charge on any atom is -0.493 e. The molecule has 0 aliphatic carbocycles. The van der Waals surface area contributed by atoms with Gasteiger partial charge in [0.2, 0.25) is 5.91 Å². The zero-order valence-electron chi connectivity index (χ0n) is 20.7. The summed E-state index contributed by atoms with van der Waals surface area (Å²) in [6, 6.07) is 20.5. The van der Waals surface area contributed by atoms with Crippen molar-refractivity contribution in [3.8, 4) is 11.5 Å². The monoisotopic (exact) mass is 537 g/mol. The lowest BCUT2D eigenvalue weighted by Crippen LogP contribution is -2.30. The van der Waals surface area contributed by atoms with Crippen LogP contribution < -0.4 is 20.3 Å². The minimum atomic E-state index is -0.155. The van der Waals surface area contributed by atoms with E-state index >= 15 is 0 Å². The Bertz CT molecular complexity index is 1460. The third-order valence-corrected chi connectivity index (χ3v) is 7.11. The maximum absolute atomic E-state index is 13.3. The van der Waals surface area contributed by atoms with Crippen LogP contribution in [0.1, 0.15) is 17.5 Å². The highest BCUT2D eigenvalue weighted by Gasteiger charge is 2.14. The van der Waals surface area contributed by atoms with Crippen molar-refractivity contribution >= 4 is 40.2 Å². The predicted molar refractivity (Wildman–Crippen MR) is 148 cm³/mol. The van der Waals surface area contributed by atoms with Gasteiger partial charge in [-0.1, -0.05) is 53.7 Å². The number of hydrogen-bond donors (Lipinski definition) is 1. The Labute approximate surface area is 224 Å². The molecule has 192 valence electrons. The number of hydrogen-bond acceptors (Lipinski definition) is 6. The molecule has 1 N–H and O–H groups in total. The number of thioether (sulfide) groups is 1. The minimum absolute atomic E-state index is 0.133. The van der Waals surface area contributed by atoms with Crippen LogP contribution in [0.5, 0.6) is 11.5 Å². The number of carbonyl (C=O) groups is 1. The van der Waals surface area contributed by atoms with Gasteiger partial charge in [0.15, 0.2) is 16.7 Å². The number of carbonyl (C=O) groups excluding carboxylic acids is 1. The molecular formula is C28H28ClN3O4S. The van der Waals surface area contributed by atoms with Crippen molar-refractivity contribution in [2.45, 2.75) is 30.3 Å². The molecule has 1 heterocycles. The Hall–Kier alpha value is -3.49. The molecule has 0 spiro atoms. The fourth-order valence-electron chi connectivity index (χ4n) is 3.91. The molecule has 4 rings (SSSR count). The van der Waals surface area contributed by atoms with Gasteiger partial charge in [-0.15, -0.1) is 0 Å². The van der Waals surface area contributed by atoms with Crippen LogP contribution >= 0.6 is 23.4 Å². The summed E-state index contributed by atoms with van der Waals surface area (Å²) in [5, 5.41) is 4.70. The van der Waals surface area contributed by atoms with Crippen LogP contribution in [0.25, 0.3) is 10.9 Å². The van der Waals surface area contributed by atoms with Crippen molar-refractivity contribution in [1.82, 2.24) is 14.9 Å². The average Bonchev–Trinajstić information content (AvgIpc) is 2.91. The van der Waals surface area contributed by atoms with Gasteiger partial charge in [0, 0.05) is 30.3 Å². The smallest absolute Gasteiger partial charge is 0.262 e. The summed E-state index contributed by atoms with van der Waals surface area (Å²) >= 11 is 7.57. The van der Waals surface area contributed by atoms with Crippen molar-refractivity contribution < 1.29 is 14.3 Å². The Morgan fingerprint density at radius 2 is 1.81 bits per heavy atom. The first-order valence-electron chi connectivity index (χ1n) is 11.8. The van der Waals surface area contributed by atoms with E-state index in [-0.39, 0.29) is 24.4 Å². The summed E-state index contributed by atoms with van der Waals surface area (Å²) in [5.41, 5.74) is 2.53. The molecule has 0 saturated heterocycles. The molecule has 0 aliphatic heterocycles. The molecule has 4 aromatic rings. The fraction of sp³-hybridized carbons (Fsp3) is 0.250. The van der Waals surface area contributed by atoms with E-state index in [2.05, 4.69) is 5.32 Å². The van der Waals surface area contributed by atoms with Gasteiger partial charge in [0.25, 0.3) is 5.56 Å². The molecule has 0 unspecified atom stereocenters. The Balaban J connectivity index is 1.42. The van der Waals surface area contributed by atoms with Crippen LogP contribution in [0, 0.1) is 0 Å². The standard InChI is InChI=1S/C28H28ClN3O4S/c1-35-24-11-10-19(17-25(24)36-2)12-14-30-26(33)13-15-32-27(34)22-8-3-4-9-23(22)31-28(32)37-18-20-6-5-7-21(29)16-20/h3-11,16-17H,12-15,18H2,1-2H3,(H,30,33). The van der Waals surface area contributed by atoms with Crippen LogP contribution in [0.3, 0.4) is 0 Å². The van der Waals surface area contributed by atoms with Gasteiger partial charge >= 0.3 is 0 Å². The van der Waals surface area contributed by atoms with Gasteiger partial charge in [-0.2, -0.15) is 0 Å².